The van der Waals surface area contributed by atoms with Gasteiger partial charge in [-0.2, -0.15) is 22.0 Å². The van der Waals surface area contributed by atoms with Crippen LogP contribution in [-0.4, -0.2) is 78.4 Å². The van der Waals surface area contributed by atoms with Gasteiger partial charge in [0.15, 0.2) is 0 Å². The van der Waals surface area contributed by atoms with Crippen LogP contribution >= 0.6 is 11.6 Å². The standard InChI is InChI=1S/C36H37ClF5N5O8/c1-19(2)27(29(48)36(41,42)33(52)44-18-35(38,39)40)46-32(51)28(22-11-13-25(55-3)14-12-22)47-31(50)26(45-30(49)23-5-4-6-24(37)16-23)15-20-7-9-21(10-8-20)17-43-34(53)54/h4-14,16,19,26-28,43H,15,17-18H2,1-3H3,(H,44,52)(H,45,49)(H,46,51)(H,47,50)(H,53,54). The Kier molecular flexibility index (Phi) is 15.1. The Morgan fingerprint density at radius 3 is 1.96 bits per heavy atom. The summed E-state index contributed by atoms with van der Waals surface area (Å²) in [6.45, 7) is 0.309. The van der Waals surface area contributed by atoms with Crippen LogP contribution in [0.15, 0.2) is 72.8 Å². The zero-order valence-corrected chi connectivity index (χ0v) is 30.2. The smallest absolute Gasteiger partial charge is 0.405 e. The molecular formula is C36H37ClF5N5O8. The summed E-state index contributed by atoms with van der Waals surface area (Å²) in [6, 6.07) is 12.3. The third-order valence-electron chi connectivity index (χ3n) is 7.90. The lowest BCUT2D eigenvalue weighted by atomic mass is 9.94. The summed E-state index contributed by atoms with van der Waals surface area (Å²) in [5.74, 6) is -13.5. The fourth-order valence-electron chi connectivity index (χ4n) is 5.00. The highest BCUT2D eigenvalue weighted by molar-refractivity contribution is 6.31. The molecule has 3 aromatic rings. The van der Waals surface area contributed by atoms with Crippen LogP contribution in [-0.2, 0) is 32.1 Å². The molecule has 6 N–H and O–H groups in total. The van der Waals surface area contributed by atoms with Crippen molar-refractivity contribution in [1.82, 2.24) is 26.6 Å². The second-order valence-electron chi connectivity index (χ2n) is 12.4. The maximum absolute atomic E-state index is 14.9. The summed E-state index contributed by atoms with van der Waals surface area (Å²) >= 11 is 6.04. The van der Waals surface area contributed by atoms with Gasteiger partial charge in [-0.1, -0.05) is 67.9 Å². The monoisotopic (exact) mass is 797 g/mol. The van der Waals surface area contributed by atoms with Crippen LogP contribution in [0.2, 0.25) is 5.02 Å². The number of amides is 5. The van der Waals surface area contributed by atoms with Crippen molar-refractivity contribution in [3.63, 3.8) is 0 Å². The van der Waals surface area contributed by atoms with E-state index in [2.05, 4.69) is 21.3 Å². The van der Waals surface area contributed by atoms with Crippen LogP contribution in [0.25, 0.3) is 0 Å². The quantitative estimate of drug-likeness (QED) is 0.0859. The van der Waals surface area contributed by atoms with Crippen LogP contribution in [0, 0.1) is 5.92 Å². The average molecular weight is 798 g/mol. The molecule has 0 aliphatic heterocycles. The molecular weight excluding hydrogens is 761 g/mol. The molecule has 3 aromatic carbocycles. The van der Waals surface area contributed by atoms with Crippen LogP contribution in [0.5, 0.6) is 5.75 Å². The molecule has 0 bridgehead atoms. The Morgan fingerprint density at radius 1 is 0.800 bits per heavy atom. The van der Waals surface area contributed by atoms with Crippen molar-refractivity contribution in [3.05, 3.63) is 100 Å². The molecule has 0 spiro atoms. The molecule has 0 saturated heterocycles. The van der Waals surface area contributed by atoms with Gasteiger partial charge in [0.05, 0.1) is 13.2 Å². The zero-order valence-electron chi connectivity index (χ0n) is 29.4. The van der Waals surface area contributed by atoms with E-state index >= 15 is 0 Å². The molecule has 19 heteroatoms. The predicted octanol–water partition coefficient (Wildman–Crippen LogP) is 4.34. The van der Waals surface area contributed by atoms with Gasteiger partial charge in [-0.25, -0.2) is 4.79 Å². The summed E-state index contributed by atoms with van der Waals surface area (Å²) in [5, 5.41) is 19.4. The van der Waals surface area contributed by atoms with Gasteiger partial charge in [0.1, 0.15) is 24.4 Å². The molecule has 3 unspecified atom stereocenters. The number of methoxy groups -OCH3 is 1. The molecule has 296 valence electrons. The van der Waals surface area contributed by atoms with Crippen molar-refractivity contribution >= 4 is 47.1 Å². The van der Waals surface area contributed by atoms with E-state index in [0.29, 0.717) is 16.9 Å². The minimum absolute atomic E-state index is 0.0201. The van der Waals surface area contributed by atoms with Crippen molar-refractivity contribution in [2.24, 2.45) is 5.92 Å². The van der Waals surface area contributed by atoms with E-state index in [9.17, 15) is 50.7 Å². The SMILES string of the molecule is COc1ccc(C(NC(=O)C(Cc2ccc(CNC(=O)O)cc2)NC(=O)c2cccc(Cl)c2)C(=O)NC(C(=O)C(F)(F)C(=O)NCC(F)(F)F)C(C)C)cc1. The predicted molar refractivity (Wildman–Crippen MR) is 187 cm³/mol. The van der Waals surface area contributed by atoms with Crippen LogP contribution in [0.3, 0.4) is 0 Å². The highest BCUT2D eigenvalue weighted by atomic mass is 35.5. The van der Waals surface area contributed by atoms with Crippen molar-refractivity contribution in [2.45, 2.75) is 57.0 Å². The van der Waals surface area contributed by atoms with Gasteiger partial charge in [-0.3, -0.25) is 24.0 Å². The molecule has 13 nitrogen and oxygen atoms in total. The van der Waals surface area contributed by atoms with E-state index in [4.69, 9.17) is 21.4 Å². The second kappa shape index (κ2) is 19.0. The number of hydrogen-bond acceptors (Lipinski definition) is 7. The number of carbonyl (C=O) groups excluding carboxylic acids is 5. The lowest BCUT2D eigenvalue weighted by molar-refractivity contribution is -0.165. The summed E-state index contributed by atoms with van der Waals surface area (Å²) in [4.78, 5) is 77.0. The van der Waals surface area contributed by atoms with Gasteiger partial charge in [0.25, 0.3) is 11.8 Å². The first-order valence-electron chi connectivity index (χ1n) is 16.3. The third-order valence-corrected chi connectivity index (χ3v) is 8.14. The molecule has 3 rings (SSSR count). The van der Waals surface area contributed by atoms with Gasteiger partial charge >= 0.3 is 18.2 Å². The summed E-state index contributed by atoms with van der Waals surface area (Å²) in [5.41, 5.74) is 1.17. The molecule has 0 fully saturated rings. The van der Waals surface area contributed by atoms with Gasteiger partial charge in [-0.05, 0) is 52.9 Å². The number of ether oxygens (including phenoxy) is 1. The lowest BCUT2D eigenvalue weighted by Crippen LogP contribution is -2.58. The Labute approximate surface area is 316 Å². The number of carbonyl (C=O) groups is 6. The van der Waals surface area contributed by atoms with Crippen LogP contribution in [0.1, 0.15) is 46.9 Å². The van der Waals surface area contributed by atoms with E-state index in [1.807, 2.05) is 0 Å². The highest BCUT2D eigenvalue weighted by Crippen LogP contribution is 2.24. The van der Waals surface area contributed by atoms with Crippen molar-refractivity contribution in [3.8, 4) is 5.75 Å². The Balaban J connectivity index is 1.97. The average Bonchev–Trinajstić information content (AvgIpc) is 3.13. The van der Waals surface area contributed by atoms with Gasteiger partial charge in [0, 0.05) is 23.6 Å². The van der Waals surface area contributed by atoms with Crippen molar-refractivity contribution in [2.75, 3.05) is 13.7 Å². The molecule has 5 amide bonds. The van der Waals surface area contributed by atoms with E-state index in [1.165, 1.54) is 69.5 Å². The van der Waals surface area contributed by atoms with E-state index in [0.717, 1.165) is 5.32 Å². The van der Waals surface area contributed by atoms with Gasteiger partial charge in [-0.15, -0.1) is 0 Å². The van der Waals surface area contributed by atoms with Crippen LogP contribution < -0.4 is 31.3 Å². The summed E-state index contributed by atoms with van der Waals surface area (Å²) in [7, 11) is 1.35. The molecule has 55 heavy (non-hydrogen) atoms. The van der Waals surface area contributed by atoms with Crippen molar-refractivity contribution in [1.29, 1.82) is 0 Å². The maximum atomic E-state index is 14.9. The first-order chi connectivity index (χ1) is 25.7. The Morgan fingerprint density at radius 2 is 1.42 bits per heavy atom. The molecule has 0 saturated carbocycles. The second-order valence-corrected chi connectivity index (χ2v) is 12.8. The van der Waals surface area contributed by atoms with E-state index < -0.39 is 78.2 Å². The van der Waals surface area contributed by atoms with Crippen LogP contribution in [0.4, 0.5) is 26.7 Å². The lowest BCUT2D eigenvalue weighted by Gasteiger charge is -2.28. The number of Topliss-reactive ketones (excluding diaryl/α,β-unsaturated/α-hetero) is 1. The number of benzene rings is 3. The number of alkyl halides is 5. The van der Waals surface area contributed by atoms with E-state index in [1.54, 1.807) is 24.3 Å². The topological polar surface area (TPSA) is 192 Å². The molecule has 0 aromatic heterocycles. The van der Waals surface area contributed by atoms with Crippen molar-refractivity contribution < 1.29 is 60.6 Å². The fourth-order valence-corrected chi connectivity index (χ4v) is 5.19. The molecule has 0 heterocycles. The summed E-state index contributed by atoms with van der Waals surface area (Å²) < 4.78 is 72.8. The first kappa shape index (κ1) is 43.6. The zero-order chi connectivity index (χ0) is 41.1. The third kappa shape index (κ3) is 12.9. The van der Waals surface area contributed by atoms with Gasteiger partial charge < -0.3 is 36.4 Å². The van der Waals surface area contributed by atoms with E-state index in [-0.39, 0.29) is 29.1 Å². The number of ketones is 1. The minimum atomic E-state index is -5.06. The normalized spacial score (nSPS) is 13.1. The number of rotatable bonds is 17. The largest absolute Gasteiger partial charge is 0.497 e. The fraction of sp³-hybridized carbons (Fsp3) is 0.333. The molecule has 3 atom stereocenters. The Hall–Kier alpha value is -5.78. The number of nitrogens with one attached hydrogen (secondary N) is 5. The molecule has 0 aliphatic rings. The first-order valence-corrected chi connectivity index (χ1v) is 16.7. The number of carboxylic acid groups (broad SMARTS) is 1. The molecule has 0 aliphatic carbocycles. The van der Waals surface area contributed by atoms with Gasteiger partial charge in [0.2, 0.25) is 17.6 Å². The maximum Gasteiger partial charge on any atom is 0.405 e. The number of halogens is 6. The molecule has 0 radical (unpaired) electrons. The highest BCUT2D eigenvalue weighted by Gasteiger charge is 2.52. The number of hydrogen-bond donors (Lipinski definition) is 6. The summed E-state index contributed by atoms with van der Waals surface area (Å²) in [6.07, 6.45) is -6.49. The minimum Gasteiger partial charge on any atom is -0.497 e. The Bertz CT molecular complexity index is 1860.